The quantitative estimate of drug-likeness (QED) is 0.734. The summed E-state index contributed by atoms with van der Waals surface area (Å²) in [7, 11) is 0. The lowest BCUT2D eigenvalue weighted by Crippen LogP contribution is -2.39. The summed E-state index contributed by atoms with van der Waals surface area (Å²) in [6.45, 7) is 7.09. The van der Waals surface area contributed by atoms with Gasteiger partial charge in [0, 0.05) is 6.61 Å². The van der Waals surface area contributed by atoms with Gasteiger partial charge in [-0.3, -0.25) is 0 Å². The molecule has 94 valence electrons. The molecule has 16 heavy (non-hydrogen) atoms. The zero-order chi connectivity index (χ0) is 11.8. The van der Waals surface area contributed by atoms with Crippen molar-refractivity contribution in [2.45, 2.75) is 76.3 Å². The molecule has 2 aliphatic heterocycles. The molecular weight excluding hydrogens is 204 g/mol. The monoisotopic (exact) mass is 228 g/mol. The fourth-order valence-electron chi connectivity index (χ4n) is 2.88. The van der Waals surface area contributed by atoms with Crippen LogP contribution in [0.5, 0.6) is 0 Å². The highest BCUT2D eigenvalue weighted by atomic mass is 16.6. The first-order valence-electron chi connectivity index (χ1n) is 6.52. The van der Waals surface area contributed by atoms with Gasteiger partial charge >= 0.3 is 0 Å². The molecule has 0 amide bonds. The largest absolute Gasteiger partial charge is 0.390 e. The van der Waals surface area contributed by atoms with E-state index in [1.165, 1.54) is 0 Å². The molecule has 0 saturated carbocycles. The van der Waals surface area contributed by atoms with Crippen LogP contribution in [0.4, 0.5) is 0 Å². The number of hydrogen-bond donors (Lipinski definition) is 1. The summed E-state index contributed by atoms with van der Waals surface area (Å²) in [5.74, 6) is 0. The molecule has 2 aliphatic rings. The molecule has 4 atom stereocenters. The van der Waals surface area contributed by atoms with Crippen LogP contribution in [-0.4, -0.2) is 35.1 Å². The van der Waals surface area contributed by atoms with E-state index in [1.807, 2.05) is 6.92 Å². The lowest BCUT2D eigenvalue weighted by Gasteiger charge is -2.30. The maximum absolute atomic E-state index is 10.2. The number of epoxide rings is 1. The average Bonchev–Trinajstić information content (AvgIpc) is 2.70. The maximum atomic E-state index is 10.2. The molecule has 0 spiro atoms. The summed E-state index contributed by atoms with van der Waals surface area (Å²) in [4.78, 5) is 0. The Bertz CT molecular complexity index is 244. The standard InChI is InChI=1S/C13H24O3/c1-4-13(10(2)16-13)8-6-11(14)12(3)7-5-9-15-12/h10-11,14H,4-9H2,1-3H3/t10-,11-,12+,13-/m1/s1. The minimum Gasteiger partial charge on any atom is -0.390 e. The van der Waals surface area contributed by atoms with E-state index >= 15 is 0 Å². The van der Waals surface area contributed by atoms with Gasteiger partial charge in [0.2, 0.25) is 0 Å². The molecule has 3 heteroatoms. The van der Waals surface area contributed by atoms with Crippen LogP contribution in [0.15, 0.2) is 0 Å². The predicted octanol–water partition coefficient (Wildman–Crippen LogP) is 2.26. The van der Waals surface area contributed by atoms with E-state index in [-0.39, 0.29) is 17.3 Å². The third kappa shape index (κ3) is 2.13. The second-order valence-corrected chi connectivity index (χ2v) is 5.50. The number of aliphatic hydroxyl groups excluding tert-OH is 1. The van der Waals surface area contributed by atoms with Crippen LogP contribution in [0.1, 0.15) is 52.9 Å². The Morgan fingerprint density at radius 1 is 1.50 bits per heavy atom. The van der Waals surface area contributed by atoms with Crippen molar-refractivity contribution in [1.82, 2.24) is 0 Å². The maximum Gasteiger partial charge on any atom is 0.0943 e. The minimum absolute atomic E-state index is 0.0515. The Balaban J connectivity index is 1.81. The smallest absolute Gasteiger partial charge is 0.0943 e. The van der Waals surface area contributed by atoms with E-state index in [0.29, 0.717) is 6.10 Å². The number of rotatable bonds is 5. The summed E-state index contributed by atoms with van der Waals surface area (Å²) in [6.07, 6.45) is 4.83. The van der Waals surface area contributed by atoms with Crippen molar-refractivity contribution >= 4 is 0 Å². The third-order valence-corrected chi connectivity index (χ3v) is 4.49. The Morgan fingerprint density at radius 2 is 2.19 bits per heavy atom. The predicted molar refractivity (Wildman–Crippen MR) is 62.4 cm³/mol. The van der Waals surface area contributed by atoms with Gasteiger partial charge in [0.1, 0.15) is 0 Å². The average molecular weight is 228 g/mol. The molecule has 2 rings (SSSR count). The Labute approximate surface area is 98.1 Å². The van der Waals surface area contributed by atoms with Crippen molar-refractivity contribution in [1.29, 1.82) is 0 Å². The fourth-order valence-corrected chi connectivity index (χ4v) is 2.88. The number of aliphatic hydroxyl groups is 1. The van der Waals surface area contributed by atoms with Gasteiger partial charge in [0.15, 0.2) is 0 Å². The van der Waals surface area contributed by atoms with Gasteiger partial charge in [-0.15, -0.1) is 0 Å². The molecule has 2 fully saturated rings. The van der Waals surface area contributed by atoms with Crippen LogP contribution < -0.4 is 0 Å². The van der Waals surface area contributed by atoms with Crippen LogP contribution in [0.25, 0.3) is 0 Å². The minimum atomic E-state index is -0.352. The molecule has 0 aromatic rings. The van der Waals surface area contributed by atoms with Crippen molar-refractivity contribution in [2.24, 2.45) is 0 Å². The molecule has 0 bridgehead atoms. The molecular formula is C13H24O3. The molecule has 0 radical (unpaired) electrons. The van der Waals surface area contributed by atoms with Crippen molar-refractivity contribution in [3.63, 3.8) is 0 Å². The van der Waals surface area contributed by atoms with Gasteiger partial charge in [-0.05, 0) is 46.0 Å². The van der Waals surface area contributed by atoms with E-state index in [4.69, 9.17) is 9.47 Å². The number of hydrogen-bond acceptors (Lipinski definition) is 3. The molecule has 0 unspecified atom stereocenters. The zero-order valence-electron chi connectivity index (χ0n) is 10.7. The van der Waals surface area contributed by atoms with E-state index in [0.717, 1.165) is 38.7 Å². The summed E-state index contributed by atoms with van der Waals surface area (Å²) in [5, 5.41) is 10.2. The van der Waals surface area contributed by atoms with Crippen molar-refractivity contribution < 1.29 is 14.6 Å². The Hall–Kier alpha value is -0.120. The van der Waals surface area contributed by atoms with Crippen LogP contribution in [-0.2, 0) is 9.47 Å². The molecule has 3 nitrogen and oxygen atoms in total. The van der Waals surface area contributed by atoms with E-state index in [9.17, 15) is 5.11 Å². The first-order chi connectivity index (χ1) is 7.52. The van der Waals surface area contributed by atoms with Gasteiger partial charge in [-0.25, -0.2) is 0 Å². The third-order valence-electron chi connectivity index (χ3n) is 4.49. The summed E-state index contributed by atoms with van der Waals surface area (Å²) in [6, 6.07) is 0. The highest BCUT2D eigenvalue weighted by Crippen LogP contribution is 2.44. The molecule has 1 N–H and O–H groups in total. The summed E-state index contributed by atoms with van der Waals surface area (Å²) < 4.78 is 11.3. The van der Waals surface area contributed by atoms with Crippen molar-refractivity contribution in [3.05, 3.63) is 0 Å². The SMILES string of the molecule is CC[C@]1(CC[C@@H](O)[C@]2(C)CCCO2)O[C@@H]1C. The van der Waals surface area contributed by atoms with E-state index in [1.54, 1.807) is 0 Å². The highest BCUT2D eigenvalue weighted by Gasteiger charge is 2.52. The topological polar surface area (TPSA) is 42.0 Å². The van der Waals surface area contributed by atoms with Gasteiger partial charge in [-0.1, -0.05) is 6.92 Å². The molecule has 0 aromatic carbocycles. The van der Waals surface area contributed by atoms with Gasteiger partial charge in [-0.2, -0.15) is 0 Å². The summed E-state index contributed by atoms with van der Waals surface area (Å²) >= 11 is 0. The normalized spacial score (nSPS) is 44.6. The van der Waals surface area contributed by atoms with Gasteiger partial charge in [0.25, 0.3) is 0 Å². The lowest BCUT2D eigenvalue weighted by atomic mass is 9.88. The molecule has 0 aliphatic carbocycles. The van der Waals surface area contributed by atoms with E-state index < -0.39 is 0 Å². The Kier molecular flexibility index (Phi) is 3.30. The summed E-state index contributed by atoms with van der Waals surface area (Å²) in [5.41, 5.74) is -0.261. The number of ether oxygens (including phenoxy) is 2. The van der Waals surface area contributed by atoms with Crippen LogP contribution in [0.3, 0.4) is 0 Å². The molecule has 2 saturated heterocycles. The second kappa shape index (κ2) is 4.28. The second-order valence-electron chi connectivity index (χ2n) is 5.50. The molecule has 0 aromatic heterocycles. The fraction of sp³-hybridized carbons (Fsp3) is 1.00. The van der Waals surface area contributed by atoms with Crippen LogP contribution in [0.2, 0.25) is 0 Å². The van der Waals surface area contributed by atoms with Gasteiger partial charge in [0.05, 0.1) is 23.4 Å². The lowest BCUT2D eigenvalue weighted by molar-refractivity contribution is -0.0825. The van der Waals surface area contributed by atoms with Gasteiger partial charge < -0.3 is 14.6 Å². The first kappa shape index (κ1) is 12.3. The van der Waals surface area contributed by atoms with E-state index in [2.05, 4.69) is 13.8 Å². The Morgan fingerprint density at radius 3 is 2.62 bits per heavy atom. The zero-order valence-corrected chi connectivity index (χ0v) is 10.7. The van der Waals surface area contributed by atoms with Crippen molar-refractivity contribution in [3.8, 4) is 0 Å². The molecule has 2 heterocycles. The first-order valence-corrected chi connectivity index (χ1v) is 6.52. The highest BCUT2D eigenvalue weighted by molar-refractivity contribution is 5.00. The van der Waals surface area contributed by atoms with Crippen molar-refractivity contribution in [2.75, 3.05) is 6.61 Å². The van der Waals surface area contributed by atoms with Crippen LogP contribution >= 0.6 is 0 Å². The van der Waals surface area contributed by atoms with Crippen LogP contribution in [0, 0.1) is 0 Å².